The standard InChI is InChI=1S/C12H13ClFNO2/c1-12(2)6-17-11(16)15-10(12)8-4-3-7(14)5-9(8)13/h3-5,10H,6H2,1-2H3,(H,15,16)/t10-/m1/s1. The van der Waals surface area contributed by atoms with E-state index >= 15 is 0 Å². The Morgan fingerprint density at radius 1 is 1.53 bits per heavy atom. The summed E-state index contributed by atoms with van der Waals surface area (Å²) in [6.07, 6.45) is -0.477. The van der Waals surface area contributed by atoms with Gasteiger partial charge in [-0.3, -0.25) is 0 Å². The fourth-order valence-electron chi connectivity index (χ4n) is 1.92. The Morgan fingerprint density at radius 3 is 2.88 bits per heavy atom. The van der Waals surface area contributed by atoms with Crippen LogP contribution < -0.4 is 5.32 Å². The molecule has 1 saturated heterocycles. The van der Waals surface area contributed by atoms with Crippen molar-refractivity contribution in [3.63, 3.8) is 0 Å². The fourth-order valence-corrected chi connectivity index (χ4v) is 2.20. The topological polar surface area (TPSA) is 38.3 Å². The van der Waals surface area contributed by atoms with Gasteiger partial charge in [0.1, 0.15) is 12.4 Å². The number of carbonyl (C=O) groups excluding carboxylic acids is 1. The van der Waals surface area contributed by atoms with Crippen molar-refractivity contribution in [1.29, 1.82) is 0 Å². The van der Waals surface area contributed by atoms with Crippen LogP contribution in [0.25, 0.3) is 0 Å². The number of nitrogens with one attached hydrogen (secondary N) is 1. The van der Waals surface area contributed by atoms with Gasteiger partial charge in [0.25, 0.3) is 0 Å². The molecule has 2 rings (SSSR count). The lowest BCUT2D eigenvalue weighted by atomic mass is 9.80. The number of alkyl carbamates (subject to hydrolysis) is 1. The second kappa shape index (κ2) is 4.18. The van der Waals surface area contributed by atoms with Crippen LogP contribution in [0.4, 0.5) is 9.18 Å². The van der Waals surface area contributed by atoms with Crippen LogP contribution in [0.5, 0.6) is 0 Å². The minimum absolute atomic E-state index is 0.281. The molecule has 5 heteroatoms. The number of benzene rings is 1. The first-order chi connectivity index (χ1) is 7.90. The van der Waals surface area contributed by atoms with Gasteiger partial charge >= 0.3 is 6.09 Å². The fraction of sp³-hybridized carbons (Fsp3) is 0.417. The van der Waals surface area contributed by atoms with Crippen LogP contribution in [0.2, 0.25) is 5.02 Å². The summed E-state index contributed by atoms with van der Waals surface area (Å²) in [6.45, 7) is 4.21. The summed E-state index contributed by atoms with van der Waals surface area (Å²) in [6, 6.07) is 3.89. The van der Waals surface area contributed by atoms with E-state index in [-0.39, 0.29) is 11.5 Å². The van der Waals surface area contributed by atoms with E-state index in [1.54, 1.807) is 6.07 Å². The number of cyclic esters (lactones) is 1. The van der Waals surface area contributed by atoms with Crippen LogP contribution in [0.15, 0.2) is 18.2 Å². The monoisotopic (exact) mass is 257 g/mol. The highest BCUT2D eigenvalue weighted by molar-refractivity contribution is 6.31. The number of rotatable bonds is 1. The van der Waals surface area contributed by atoms with Gasteiger partial charge in [-0.05, 0) is 17.7 Å². The number of hydrogen-bond donors (Lipinski definition) is 1. The third-order valence-corrected chi connectivity index (χ3v) is 3.22. The second-order valence-corrected chi connectivity index (χ2v) is 5.22. The quantitative estimate of drug-likeness (QED) is 0.838. The lowest BCUT2D eigenvalue weighted by Gasteiger charge is -2.38. The van der Waals surface area contributed by atoms with Crippen LogP contribution in [0.1, 0.15) is 25.5 Å². The number of hydrogen-bond acceptors (Lipinski definition) is 2. The summed E-state index contributed by atoms with van der Waals surface area (Å²) in [7, 11) is 0. The van der Waals surface area contributed by atoms with Gasteiger partial charge in [0.05, 0.1) is 6.04 Å². The van der Waals surface area contributed by atoms with Gasteiger partial charge in [-0.25, -0.2) is 9.18 Å². The molecule has 92 valence electrons. The molecule has 17 heavy (non-hydrogen) atoms. The maximum absolute atomic E-state index is 13.0. The molecule has 3 nitrogen and oxygen atoms in total. The molecule has 1 atom stereocenters. The Balaban J connectivity index is 2.39. The highest BCUT2D eigenvalue weighted by Gasteiger charge is 2.38. The third-order valence-electron chi connectivity index (χ3n) is 2.89. The van der Waals surface area contributed by atoms with Crippen molar-refractivity contribution < 1.29 is 13.9 Å². The number of amides is 1. The van der Waals surface area contributed by atoms with Gasteiger partial charge in [0.15, 0.2) is 0 Å². The van der Waals surface area contributed by atoms with Crippen molar-refractivity contribution in [2.24, 2.45) is 5.41 Å². The third kappa shape index (κ3) is 2.36. The molecule has 0 radical (unpaired) electrons. The van der Waals surface area contributed by atoms with Gasteiger partial charge < -0.3 is 10.1 Å². The van der Waals surface area contributed by atoms with Gasteiger partial charge in [-0.2, -0.15) is 0 Å². The summed E-state index contributed by atoms with van der Waals surface area (Å²) >= 11 is 6.01. The van der Waals surface area contributed by atoms with Crippen molar-refractivity contribution in [2.45, 2.75) is 19.9 Å². The van der Waals surface area contributed by atoms with E-state index in [1.807, 2.05) is 13.8 Å². The van der Waals surface area contributed by atoms with E-state index in [0.29, 0.717) is 17.2 Å². The Bertz CT molecular complexity index is 462. The molecule has 1 fully saturated rings. The van der Waals surface area contributed by atoms with Crippen LogP contribution in [-0.2, 0) is 4.74 Å². The van der Waals surface area contributed by atoms with Crippen molar-refractivity contribution in [3.8, 4) is 0 Å². The normalized spacial score (nSPS) is 22.8. The summed E-state index contributed by atoms with van der Waals surface area (Å²) in [5.41, 5.74) is 0.407. The molecule has 0 unspecified atom stereocenters. The van der Waals surface area contributed by atoms with E-state index in [0.717, 1.165) is 0 Å². The maximum atomic E-state index is 13.0. The summed E-state index contributed by atoms with van der Waals surface area (Å²) in [5, 5.41) is 3.03. The zero-order valence-corrected chi connectivity index (χ0v) is 10.3. The molecule has 1 aliphatic heterocycles. The maximum Gasteiger partial charge on any atom is 0.407 e. The van der Waals surface area contributed by atoms with Crippen LogP contribution in [0, 0.1) is 11.2 Å². The molecular weight excluding hydrogens is 245 g/mol. The molecule has 1 heterocycles. The second-order valence-electron chi connectivity index (χ2n) is 4.81. The van der Waals surface area contributed by atoms with E-state index in [9.17, 15) is 9.18 Å². The first-order valence-electron chi connectivity index (χ1n) is 5.28. The smallest absolute Gasteiger partial charge is 0.407 e. The molecule has 0 spiro atoms. The molecule has 1 amide bonds. The van der Waals surface area contributed by atoms with Gasteiger partial charge in [-0.15, -0.1) is 0 Å². The zero-order valence-electron chi connectivity index (χ0n) is 9.59. The molecule has 1 N–H and O–H groups in total. The van der Waals surface area contributed by atoms with Crippen LogP contribution >= 0.6 is 11.6 Å². The molecule has 1 aliphatic rings. The highest BCUT2D eigenvalue weighted by Crippen LogP contribution is 2.39. The summed E-state index contributed by atoms with van der Waals surface area (Å²) < 4.78 is 17.9. The van der Waals surface area contributed by atoms with Crippen LogP contribution in [-0.4, -0.2) is 12.7 Å². The lowest BCUT2D eigenvalue weighted by Crippen LogP contribution is -2.47. The number of carbonyl (C=O) groups is 1. The minimum Gasteiger partial charge on any atom is -0.449 e. The van der Waals surface area contributed by atoms with Crippen molar-refractivity contribution in [2.75, 3.05) is 6.61 Å². The average molecular weight is 258 g/mol. The molecule has 0 aromatic heterocycles. The molecule has 0 aliphatic carbocycles. The molecular formula is C12H13ClFNO2. The SMILES string of the molecule is CC1(C)COC(=O)N[C@@H]1c1ccc(F)cc1Cl. The molecule has 1 aromatic rings. The largest absolute Gasteiger partial charge is 0.449 e. The van der Waals surface area contributed by atoms with E-state index in [4.69, 9.17) is 16.3 Å². The molecule has 1 aromatic carbocycles. The van der Waals surface area contributed by atoms with Gasteiger partial charge in [0.2, 0.25) is 0 Å². The highest BCUT2D eigenvalue weighted by atomic mass is 35.5. The lowest BCUT2D eigenvalue weighted by molar-refractivity contribution is 0.0387. The van der Waals surface area contributed by atoms with E-state index < -0.39 is 11.9 Å². The first kappa shape index (κ1) is 12.2. The van der Waals surface area contributed by atoms with Gasteiger partial charge in [-0.1, -0.05) is 31.5 Å². The minimum atomic E-state index is -0.477. The van der Waals surface area contributed by atoms with Gasteiger partial charge in [0, 0.05) is 10.4 Å². The first-order valence-corrected chi connectivity index (χ1v) is 5.66. The number of halogens is 2. The van der Waals surface area contributed by atoms with Crippen molar-refractivity contribution >= 4 is 17.7 Å². The molecule has 0 saturated carbocycles. The Morgan fingerprint density at radius 2 is 2.24 bits per heavy atom. The van der Waals surface area contributed by atoms with E-state index in [2.05, 4.69) is 5.32 Å². The number of ether oxygens (including phenoxy) is 1. The average Bonchev–Trinajstić information content (AvgIpc) is 2.23. The summed E-state index contributed by atoms with van der Waals surface area (Å²) in [5.74, 6) is -0.394. The van der Waals surface area contributed by atoms with Crippen LogP contribution in [0.3, 0.4) is 0 Å². The molecule has 0 bridgehead atoms. The van der Waals surface area contributed by atoms with Crippen molar-refractivity contribution in [1.82, 2.24) is 5.32 Å². The Kier molecular flexibility index (Phi) is 3.00. The Hall–Kier alpha value is -1.29. The Labute approximate surface area is 104 Å². The predicted molar refractivity (Wildman–Crippen MR) is 62.4 cm³/mol. The summed E-state index contributed by atoms with van der Waals surface area (Å²) in [4.78, 5) is 11.3. The predicted octanol–water partition coefficient (Wildman–Crippen LogP) is 3.29. The zero-order chi connectivity index (χ0) is 12.6. The van der Waals surface area contributed by atoms with Crippen molar-refractivity contribution in [3.05, 3.63) is 34.6 Å². The van der Waals surface area contributed by atoms with E-state index in [1.165, 1.54) is 12.1 Å².